The minimum Gasteiger partial charge on any atom is -0.357 e. The van der Waals surface area contributed by atoms with Crippen LogP contribution in [0.1, 0.15) is 32.8 Å². The number of hydrogen-bond donors (Lipinski definition) is 2. The van der Waals surface area contributed by atoms with Crippen LogP contribution in [0.25, 0.3) is 0 Å². The number of halogens is 1. The largest absolute Gasteiger partial charge is 0.357 e. The van der Waals surface area contributed by atoms with E-state index in [1.54, 1.807) is 11.3 Å². The monoisotopic (exact) mass is 424 g/mol. The summed E-state index contributed by atoms with van der Waals surface area (Å²) >= 11 is 1.72. The molecular formula is C15H29IN4S. The van der Waals surface area contributed by atoms with Crippen molar-refractivity contribution in [2.24, 2.45) is 4.99 Å². The summed E-state index contributed by atoms with van der Waals surface area (Å²) in [4.78, 5) is 6.97. The van der Waals surface area contributed by atoms with Crippen molar-refractivity contribution in [3.8, 4) is 0 Å². The molecule has 1 aromatic rings. The Kier molecular flexibility index (Phi) is 12.0. The SMILES string of the molecule is CCNC(=NCc1ccsc1)NCCN(C)C(C)CC.I. The van der Waals surface area contributed by atoms with Gasteiger partial charge in [-0.25, -0.2) is 4.99 Å². The van der Waals surface area contributed by atoms with Crippen molar-refractivity contribution in [2.45, 2.75) is 39.8 Å². The van der Waals surface area contributed by atoms with E-state index in [-0.39, 0.29) is 24.0 Å². The van der Waals surface area contributed by atoms with Crippen molar-refractivity contribution >= 4 is 41.3 Å². The van der Waals surface area contributed by atoms with Crippen LogP contribution in [0.4, 0.5) is 0 Å². The van der Waals surface area contributed by atoms with Gasteiger partial charge in [0, 0.05) is 25.7 Å². The van der Waals surface area contributed by atoms with Crippen LogP contribution in [-0.4, -0.2) is 43.6 Å². The Balaban J connectivity index is 0.00000400. The van der Waals surface area contributed by atoms with E-state index in [1.165, 1.54) is 12.0 Å². The molecule has 2 N–H and O–H groups in total. The van der Waals surface area contributed by atoms with Crippen LogP contribution in [0.2, 0.25) is 0 Å². The number of guanidine groups is 1. The molecule has 0 saturated carbocycles. The maximum absolute atomic E-state index is 4.60. The Hall–Kier alpha value is -0.340. The average molecular weight is 424 g/mol. The molecule has 0 fully saturated rings. The van der Waals surface area contributed by atoms with Gasteiger partial charge in [-0.05, 0) is 49.7 Å². The molecule has 1 atom stereocenters. The third kappa shape index (κ3) is 8.63. The standard InChI is InChI=1S/C15H28N4S.HI/c1-5-13(3)19(4)9-8-17-15(16-6-2)18-11-14-7-10-20-12-14;/h7,10,12-13H,5-6,8-9,11H2,1-4H3,(H2,16,17,18);1H. The molecule has 1 aromatic heterocycles. The first-order valence-electron chi connectivity index (χ1n) is 7.40. The first-order chi connectivity index (χ1) is 9.67. The number of hydrogen-bond acceptors (Lipinski definition) is 3. The molecule has 1 rings (SSSR count). The van der Waals surface area contributed by atoms with Crippen LogP contribution in [0.5, 0.6) is 0 Å². The van der Waals surface area contributed by atoms with E-state index < -0.39 is 0 Å². The first-order valence-corrected chi connectivity index (χ1v) is 8.35. The summed E-state index contributed by atoms with van der Waals surface area (Å²) in [6.07, 6.45) is 1.18. The minimum atomic E-state index is 0. The van der Waals surface area contributed by atoms with Gasteiger partial charge in [-0.2, -0.15) is 11.3 Å². The molecule has 0 saturated heterocycles. The van der Waals surface area contributed by atoms with Gasteiger partial charge in [0.1, 0.15) is 0 Å². The summed E-state index contributed by atoms with van der Waals surface area (Å²) in [6.45, 7) is 10.1. The zero-order valence-corrected chi connectivity index (χ0v) is 16.7. The van der Waals surface area contributed by atoms with Crippen molar-refractivity contribution in [3.05, 3.63) is 22.4 Å². The van der Waals surface area contributed by atoms with Crippen molar-refractivity contribution < 1.29 is 0 Å². The van der Waals surface area contributed by atoms with E-state index in [2.05, 4.69) is 65.2 Å². The van der Waals surface area contributed by atoms with Gasteiger partial charge in [-0.3, -0.25) is 0 Å². The van der Waals surface area contributed by atoms with Crippen LogP contribution in [0, 0.1) is 0 Å². The van der Waals surface area contributed by atoms with Crippen LogP contribution in [0.3, 0.4) is 0 Å². The van der Waals surface area contributed by atoms with Gasteiger partial charge in [-0.15, -0.1) is 24.0 Å². The Labute approximate surface area is 150 Å². The van der Waals surface area contributed by atoms with Crippen LogP contribution >= 0.6 is 35.3 Å². The Morgan fingerprint density at radius 2 is 2.14 bits per heavy atom. The van der Waals surface area contributed by atoms with Crippen LogP contribution in [-0.2, 0) is 6.54 Å². The Bertz CT molecular complexity index is 381. The number of nitrogens with zero attached hydrogens (tertiary/aromatic N) is 2. The molecular weight excluding hydrogens is 395 g/mol. The van der Waals surface area contributed by atoms with Gasteiger partial charge in [0.25, 0.3) is 0 Å². The van der Waals surface area contributed by atoms with Crippen molar-refractivity contribution in [2.75, 3.05) is 26.7 Å². The molecule has 0 amide bonds. The number of aliphatic imine (C=N–C) groups is 1. The van der Waals surface area contributed by atoms with Gasteiger partial charge in [0.2, 0.25) is 0 Å². The molecule has 6 heteroatoms. The van der Waals surface area contributed by atoms with E-state index in [4.69, 9.17) is 0 Å². The number of likely N-dealkylation sites (N-methyl/N-ethyl adjacent to an activating group) is 1. The second-order valence-corrected chi connectivity index (χ2v) is 5.77. The van der Waals surface area contributed by atoms with Crippen molar-refractivity contribution in [1.82, 2.24) is 15.5 Å². The zero-order chi connectivity index (χ0) is 14.8. The Morgan fingerprint density at radius 1 is 1.38 bits per heavy atom. The van der Waals surface area contributed by atoms with E-state index in [0.717, 1.165) is 32.1 Å². The molecule has 21 heavy (non-hydrogen) atoms. The summed E-state index contributed by atoms with van der Waals surface area (Å²) in [5.74, 6) is 0.899. The molecule has 0 aliphatic heterocycles. The summed E-state index contributed by atoms with van der Waals surface area (Å²) in [5, 5.41) is 10.9. The number of thiophene rings is 1. The molecule has 0 bridgehead atoms. The molecule has 0 aliphatic rings. The van der Waals surface area contributed by atoms with E-state index in [1.807, 2.05) is 0 Å². The fourth-order valence-electron chi connectivity index (χ4n) is 1.78. The predicted octanol–water partition coefficient (Wildman–Crippen LogP) is 3.15. The third-order valence-corrected chi connectivity index (χ3v) is 4.18. The normalized spacial score (nSPS) is 12.9. The highest BCUT2D eigenvalue weighted by Gasteiger charge is 2.06. The third-order valence-electron chi connectivity index (χ3n) is 3.44. The second-order valence-electron chi connectivity index (χ2n) is 4.99. The van der Waals surface area contributed by atoms with Gasteiger partial charge >= 0.3 is 0 Å². The van der Waals surface area contributed by atoms with Crippen molar-refractivity contribution in [1.29, 1.82) is 0 Å². The molecule has 1 heterocycles. The Morgan fingerprint density at radius 3 is 2.71 bits per heavy atom. The lowest BCUT2D eigenvalue weighted by Gasteiger charge is -2.23. The topological polar surface area (TPSA) is 39.7 Å². The van der Waals surface area contributed by atoms with E-state index >= 15 is 0 Å². The fourth-order valence-corrected chi connectivity index (χ4v) is 2.44. The highest BCUT2D eigenvalue weighted by molar-refractivity contribution is 14.0. The molecule has 0 radical (unpaired) electrons. The molecule has 4 nitrogen and oxygen atoms in total. The highest BCUT2D eigenvalue weighted by atomic mass is 127. The van der Waals surface area contributed by atoms with Crippen LogP contribution in [0.15, 0.2) is 21.8 Å². The fraction of sp³-hybridized carbons (Fsp3) is 0.667. The lowest BCUT2D eigenvalue weighted by molar-refractivity contribution is 0.255. The number of rotatable bonds is 8. The summed E-state index contributed by atoms with van der Waals surface area (Å²) in [6, 6.07) is 2.75. The average Bonchev–Trinajstić information content (AvgIpc) is 2.96. The molecule has 1 unspecified atom stereocenters. The van der Waals surface area contributed by atoms with Gasteiger partial charge in [0.15, 0.2) is 5.96 Å². The molecule has 0 spiro atoms. The molecule has 122 valence electrons. The highest BCUT2D eigenvalue weighted by Crippen LogP contribution is 2.06. The quantitative estimate of drug-likeness (QED) is 0.383. The van der Waals surface area contributed by atoms with E-state index in [0.29, 0.717) is 6.04 Å². The van der Waals surface area contributed by atoms with Crippen LogP contribution < -0.4 is 10.6 Å². The van der Waals surface area contributed by atoms with Gasteiger partial charge in [0.05, 0.1) is 6.54 Å². The minimum absolute atomic E-state index is 0. The molecule has 0 aromatic carbocycles. The van der Waals surface area contributed by atoms with Crippen molar-refractivity contribution in [3.63, 3.8) is 0 Å². The lowest BCUT2D eigenvalue weighted by atomic mass is 10.2. The molecule has 0 aliphatic carbocycles. The van der Waals surface area contributed by atoms with Gasteiger partial charge < -0.3 is 15.5 Å². The maximum Gasteiger partial charge on any atom is 0.191 e. The summed E-state index contributed by atoms with van der Waals surface area (Å²) in [7, 11) is 2.17. The summed E-state index contributed by atoms with van der Waals surface area (Å²) in [5.41, 5.74) is 1.27. The second kappa shape index (κ2) is 12.2. The smallest absolute Gasteiger partial charge is 0.191 e. The predicted molar refractivity (Wildman–Crippen MR) is 105 cm³/mol. The number of nitrogens with one attached hydrogen (secondary N) is 2. The maximum atomic E-state index is 4.60. The summed E-state index contributed by atoms with van der Waals surface area (Å²) < 4.78 is 0. The zero-order valence-electron chi connectivity index (χ0n) is 13.6. The van der Waals surface area contributed by atoms with E-state index in [9.17, 15) is 0 Å². The first kappa shape index (κ1) is 20.7. The lowest BCUT2D eigenvalue weighted by Crippen LogP contribution is -2.42. The van der Waals surface area contributed by atoms with Gasteiger partial charge in [-0.1, -0.05) is 6.92 Å².